The van der Waals surface area contributed by atoms with Crippen LogP contribution in [0.4, 0.5) is 14.6 Å². The molecule has 0 spiro atoms. The van der Waals surface area contributed by atoms with Crippen molar-refractivity contribution >= 4 is 34.4 Å². The Morgan fingerprint density at radius 1 is 1.33 bits per heavy atom. The van der Waals surface area contributed by atoms with Crippen LogP contribution < -0.4 is 10.2 Å². The molecular weight excluding hydrogens is 376 g/mol. The highest BCUT2D eigenvalue weighted by Crippen LogP contribution is 2.35. The van der Waals surface area contributed by atoms with Crippen molar-refractivity contribution in [2.75, 3.05) is 24.5 Å². The Morgan fingerprint density at radius 3 is 2.96 bits per heavy atom. The van der Waals surface area contributed by atoms with E-state index < -0.39 is 12.8 Å². The van der Waals surface area contributed by atoms with Crippen molar-refractivity contribution in [2.24, 2.45) is 0 Å². The molecule has 0 unspecified atom stereocenters. The molecule has 0 bridgehead atoms. The van der Waals surface area contributed by atoms with Gasteiger partial charge in [-0.3, -0.25) is 9.69 Å². The number of fused-ring (bicyclic) bond motifs is 1. The Balaban J connectivity index is 1.77. The first kappa shape index (κ1) is 17.8. The van der Waals surface area contributed by atoms with Gasteiger partial charge in [-0.1, -0.05) is 17.7 Å². The van der Waals surface area contributed by atoms with Gasteiger partial charge < -0.3 is 10.3 Å². The first-order valence-corrected chi connectivity index (χ1v) is 8.83. The summed E-state index contributed by atoms with van der Waals surface area (Å²) in [5, 5.41) is 3.80. The van der Waals surface area contributed by atoms with E-state index in [0.717, 1.165) is 0 Å². The monoisotopic (exact) mass is 391 g/mol. The van der Waals surface area contributed by atoms with Gasteiger partial charge >= 0.3 is 0 Å². The largest absolute Gasteiger partial charge is 0.346 e. The zero-order chi connectivity index (χ0) is 19.0. The predicted octanol–water partition coefficient (Wildman–Crippen LogP) is 3.02. The predicted molar refractivity (Wildman–Crippen MR) is 99.3 cm³/mol. The van der Waals surface area contributed by atoms with Crippen LogP contribution in [0.1, 0.15) is 5.56 Å². The maximum absolute atomic E-state index is 12.8. The standard InChI is InChI=1S/C18H16ClF2N5O/c19-17-11(8-24-18-16(17)10(7-23-18)6-13(20)21)12-2-1-3-14(25-12)26-5-4-22-9-15(26)27/h1-3,7-8,13,22H,4-6,9H2,(H,23,24). The Morgan fingerprint density at radius 2 is 2.19 bits per heavy atom. The second-order valence-electron chi connectivity index (χ2n) is 6.22. The van der Waals surface area contributed by atoms with Gasteiger partial charge in [0.05, 0.1) is 17.3 Å². The van der Waals surface area contributed by atoms with Gasteiger partial charge in [-0.25, -0.2) is 18.7 Å². The van der Waals surface area contributed by atoms with Crippen LogP contribution >= 0.6 is 11.6 Å². The molecule has 0 radical (unpaired) electrons. The van der Waals surface area contributed by atoms with Crippen molar-refractivity contribution < 1.29 is 13.6 Å². The van der Waals surface area contributed by atoms with Gasteiger partial charge in [0, 0.05) is 42.9 Å². The number of piperazine rings is 1. The highest BCUT2D eigenvalue weighted by Gasteiger charge is 2.22. The molecule has 9 heteroatoms. The summed E-state index contributed by atoms with van der Waals surface area (Å²) < 4.78 is 25.7. The first-order chi connectivity index (χ1) is 13.0. The normalized spacial score (nSPS) is 15.1. The molecular formula is C18H16ClF2N5O. The number of hydrogen-bond acceptors (Lipinski definition) is 4. The number of halogens is 3. The fourth-order valence-electron chi connectivity index (χ4n) is 3.20. The van der Waals surface area contributed by atoms with Crippen LogP contribution in [0.15, 0.2) is 30.6 Å². The van der Waals surface area contributed by atoms with E-state index in [-0.39, 0.29) is 12.5 Å². The second-order valence-corrected chi connectivity index (χ2v) is 6.60. The zero-order valence-corrected chi connectivity index (χ0v) is 14.9. The number of nitrogens with zero attached hydrogens (tertiary/aromatic N) is 3. The maximum atomic E-state index is 12.8. The number of amides is 1. The Kier molecular flexibility index (Phi) is 4.75. The lowest BCUT2D eigenvalue weighted by molar-refractivity contribution is -0.118. The average molecular weight is 392 g/mol. The van der Waals surface area contributed by atoms with Gasteiger partial charge in [-0.2, -0.15) is 0 Å². The summed E-state index contributed by atoms with van der Waals surface area (Å²) in [7, 11) is 0. The van der Waals surface area contributed by atoms with Crippen LogP contribution in [0.2, 0.25) is 5.02 Å². The van der Waals surface area contributed by atoms with Crippen LogP contribution in [0.5, 0.6) is 0 Å². The molecule has 0 atom stereocenters. The van der Waals surface area contributed by atoms with Crippen LogP contribution in [-0.4, -0.2) is 46.9 Å². The minimum absolute atomic E-state index is 0.0598. The minimum atomic E-state index is -2.48. The van der Waals surface area contributed by atoms with E-state index in [9.17, 15) is 13.6 Å². The molecule has 2 N–H and O–H groups in total. The molecule has 4 heterocycles. The van der Waals surface area contributed by atoms with Crippen LogP contribution in [0, 0.1) is 0 Å². The number of hydrogen-bond donors (Lipinski definition) is 2. The van der Waals surface area contributed by atoms with Crippen molar-refractivity contribution in [3.8, 4) is 11.3 Å². The van der Waals surface area contributed by atoms with Gasteiger partial charge in [0.2, 0.25) is 12.3 Å². The van der Waals surface area contributed by atoms with Gasteiger partial charge in [0.15, 0.2) is 0 Å². The third-order valence-corrected chi connectivity index (χ3v) is 4.86. The molecule has 1 saturated heterocycles. The summed E-state index contributed by atoms with van der Waals surface area (Å²) in [6.07, 6.45) is 0.166. The van der Waals surface area contributed by atoms with Gasteiger partial charge in [0.1, 0.15) is 11.5 Å². The summed E-state index contributed by atoms with van der Waals surface area (Å²) >= 11 is 6.54. The van der Waals surface area contributed by atoms with E-state index in [4.69, 9.17) is 11.6 Å². The number of nitrogens with one attached hydrogen (secondary N) is 2. The molecule has 3 aromatic rings. The highest BCUT2D eigenvalue weighted by molar-refractivity contribution is 6.38. The number of H-pyrrole nitrogens is 1. The number of rotatable bonds is 4. The van der Waals surface area contributed by atoms with E-state index in [1.807, 2.05) is 0 Å². The fourth-order valence-corrected chi connectivity index (χ4v) is 3.55. The molecule has 1 fully saturated rings. The maximum Gasteiger partial charge on any atom is 0.242 e. The number of aromatic nitrogens is 3. The number of aromatic amines is 1. The SMILES string of the molecule is O=C1CNCCN1c1cccc(-c2cnc3[nH]cc(CC(F)F)c3c2Cl)n1. The number of carbonyl (C=O) groups excluding carboxylic acids is 1. The number of pyridine rings is 2. The third kappa shape index (κ3) is 3.38. The van der Waals surface area contributed by atoms with Crippen LogP contribution in [-0.2, 0) is 11.2 Å². The molecule has 3 aromatic heterocycles. The van der Waals surface area contributed by atoms with Crippen molar-refractivity contribution in [2.45, 2.75) is 12.8 Å². The lowest BCUT2D eigenvalue weighted by atomic mass is 10.1. The van der Waals surface area contributed by atoms with Crippen molar-refractivity contribution in [3.05, 3.63) is 41.2 Å². The Bertz CT molecular complexity index is 1010. The third-order valence-electron chi connectivity index (χ3n) is 4.47. The number of carbonyl (C=O) groups is 1. The van der Waals surface area contributed by atoms with Gasteiger partial charge in [-0.15, -0.1) is 0 Å². The van der Waals surface area contributed by atoms with Crippen LogP contribution in [0.3, 0.4) is 0 Å². The summed E-state index contributed by atoms with van der Waals surface area (Å²) in [4.78, 5) is 25.4. The van der Waals surface area contributed by atoms with Crippen molar-refractivity contribution in [1.82, 2.24) is 20.3 Å². The Labute approximate surface area is 158 Å². The summed E-state index contributed by atoms with van der Waals surface area (Å²) in [5.74, 6) is 0.465. The van der Waals surface area contributed by atoms with Gasteiger partial charge in [-0.05, 0) is 17.7 Å². The molecule has 6 nitrogen and oxygen atoms in total. The van der Waals surface area contributed by atoms with E-state index in [1.54, 1.807) is 29.3 Å². The lowest BCUT2D eigenvalue weighted by Gasteiger charge is -2.26. The number of alkyl halides is 2. The molecule has 0 aromatic carbocycles. The average Bonchev–Trinajstić information content (AvgIpc) is 3.05. The first-order valence-electron chi connectivity index (χ1n) is 8.45. The summed E-state index contributed by atoms with van der Waals surface area (Å²) in [6, 6.07) is 5.29. The van der Waals surface area contributed by atoms with Gasteiger partial charge in [0.25, 0.3) is 0 Å². The highest BCUT2D eigenvalue weighted by atomic mass is 35.5. The molecule has 4 rings (SSSR count). The molecule has 27 heavy (non-hydrogen) atoms. The van der Waals surface area contributed by atoms with Crippen molar-refractivity contribution in [3.63, 3.8) is 0 Å². The number of anilines is 1. The summed E-state index contributed by atoms with van der Waals surface area (Å²) in [6.45, 7) is 1.48. The minimum Gasteiger partial charge on any atom is -0.346 e. The quantitative estimate of drug-likeness (QED) is 0.717. The van der Waals surface area contributed by atoms with Crippen LogP contribution in [0.25, 0.3) is 22.3 Å². The van der Waals surface area contributed by atoms with Crippen molar-refractivity contribution in [1.29, 1.82) is 0 Å². The topological polar surface area (TPSA) is 73.9 Å². The zero-order valence-electron chi connectivity index (χ0n) is 14.2. The summed E-state index contributed by atoms with van der Waals surface area (Å²) in [5.41, 5.74) is 1.92. The molecule has 0 saturated carbocycles. The second kappa shape index (κ2) is 7.21. The molecule has 1 amide bonds. The van der Waals surface area contributed by atoms with E-state index in [1.165, 1.54) is 6.20 Å². The molecule has 1 aliphatic rings. The van der Waals surface area contributed by atoms with E-state index >= 15 is 0 Å². The molecule has 0 aliphatic carbocycles. The smallest absolute Gasteiger partial charge is 0.242 e. The molecule has 140 valence electrons. The van der Waals surface area contributed by atoms with E-state index in [2.05, 4.69) is 20.3 Å². The molecule has 1 aliphatic heterocycles. The fraction of sp³-hybridized carbons (Fsp3) is 0.278. The van der Waals surface area contributed by atoms with E-state index in [0.29, 0.717) is 51.8 Å². The Hall–Kier alpha value is -2.58. The lowest BCUT2D eigenvalue weighted by Crippen LogP contribution is -2.48.